The summed E-state index contributed by atoms with van der Waals surface area (Å²) < 4.78 is 34.1. The number of halogens is 1. The van der Waals surface area contributed by atoms with Gasteiger partial charge in [0, 0.05) is 11.0 Å². The monoisotopic (exact) mass is 570 g/mol. The maximum Gasteiger partial charge on any atom is 0.338 e. The summed E-state index contributed by atoms with van der Waals surface area (Å²) in [5.41, 5.74) is 1.21. The molecule has 2 amide bonds. The van der Waals surface area contributed by atoms with Crippen LogP contribution in [0.4, 0.5) is 5.69 Å². The molecule has 0 bridgehead atoms. The van der Waals surface area contributed by atoms with E-state index in [4.69, 9.17) is 4.74 Å². The van der Waals surface area contributed by atoms with Crippen LogP contribution in [0.2, 0.25) is 0 Å². The Morgan fingerprint density at radius 2 is 1.64 bits per heavy atom. The van der Waals surface area contributed by atoms with Gasteiger partial charge in [-0.25, -0.2) is 18.1 Å². The quantitative estimate of drug-likeness (QED) is 0.298. The molecule has 0 radical (unpaired) electrons. The number of hydrogen-bond acceptors (Lipinski definition) is 6. The molecule has 186 valence electrons. The number of rotatable bonds is 8. The fraction of sp³-hybridized carbons (Fsp3) is 0.192. The Bertz CT molecular complexity index is 1380. The summed E-state index contributed by atoms with van der Waals surface area (Å²) in [5.74, 6) is -1.70. The molecule has 1 saturated heterocycles. The van der Waals surface area contributed by atoms with Gasteiger partial charge in [-0.15, -0.1) is 0 Å². The Balaban J connectivity index is 1.68. The molecule has 1 aliphatic heterocycles. The molecular formula is C26H23BrN2O6S. The fourth-order valence-electron chi connectivity index (χ4n) is 3.94. The highest BCUT2D eigenvalue weighted by Crippen LogP contribution is 2.31. The van der Waals surface area contributed by atoms with Gasteiger partial charge in [-0.05, 0) is 61.0 Å². The lowest BCUT2D eigenvalue weighted by molar-refractivity contribution is -0.122. The second-order valence-corrected chi connectivity index (χ2v) is 10.9. The van der Waals surface area contributed by atoms with Crippen LogP contribution in [-0.4, -0.2) is 43.2 Å². The molecule has 0 aliphatic carbocycles. The largest absolute Gasteiger partial charge is 0.462 e. The van der Waals surface area contributed by atoms with Crippen LogP contribution in [0, 0.1) is 0 Å². The molecule has 3 aromatic carbocycles. The Labute approximate surface area is 217 Å². The molecule has 0 N–H and O–H groups in total. The number of benzene rings is 3. The van der Waals surface area contributed by atoms with Gasteiger partial charge in [0.05, 0.1) is 29.2 Å². The number of carbonyl (C=O) groups excluding carboxylic acids is 3. The second-order valence-electron chi connectivity index (χ2n) is 8.04. The van der Waals surface area contributed by atoms with Gasteiger partial charge in [-0.1, -0.05) is 46.3 Å². The third-order valence-electron chi connectivity index (χ3n) is 5.71. The molecule has 1 aliphatic rings. The topological polar surface area (TPSA) is 101 Å². The highest BCUT2D eigenvalue weighted by Gasteiger charge is 2.47. The average molecular weight is 571 g/mol. The number of hydrogen-bond donors (Lipinski definition) is 0. The number of esters is 1. The molecule has 1 atom stereocenters. The Morgan fingerprint density at radius 3 is 2.25 bits per heavy atom. The molecule has 1 unspecified atom stereocenters. The molecule has 10 heteroatoms. The van der Waals surface area contributed by atoms with Crippen molar-refractivity contribution in [2.75, 3.05) is 11.5 Å². The van der Waals surface area contributed by atoms with Crippen LogP contribution in [-0.2, 0) is 30.9 Å². The first-order chi connectivity index (χ1) is 17.2. The summed E-state index contributed by atoms with van der Waals surface area (Å²) in [4.78, 5) is 39.4. The van der Waals surface area contributed by atoms with Crippen molar-refractivity contribution in [2.45, 2.75) is 30.8 Å². The number of sulfonamides is 1. The molecule has 4 rings (SSSR count). The smallest absolute Gasteiger partial charge is 0.338 e. The first-order valence-corrected chi connectivity index (χ1v) is 13.4. The summed E-state index contributed by atoms with van der Waals surface area (Å²) in [5, 5.41) is 0. The van der Waals surface area contributed by atoms with Crippen LogP contribution in [0.1, 0.15) is 29.3 Å². The highest BCUT2D eigenvalue weighted by atomic mass is 79.9. The maximum absolute atomic E-state index is 13.7. The van der Waals surface area contributed by atoms with E-state index in [1.165, 1.54) is 36.4 Å². The lowest BCUT2D eigenvalue weighted by atomic mass is 10.2. The normalized spacial score (nSPS) is 16.0. The number of anilines is 1. The van der Waals surface area contributed by atoms with E-state index >= 15 is 0 Å². The zero-order valence-electron chi connectivity index (χ0n) is 19.3. The Morgan fingerprint density at radius 1 is 1.00 bits per heavy atom. The molecule has 1 fully saturated rings. The van der Waals surface area contributed by atoms with E-state index in [9.17, 15) is 22.8 Å². The van der Waals surface area contributed by atoms with Crippen LogP contribution in [0.25, 0.3) is 0 Å². The molecule has 0 spiro atoms. The zero-order valence-corrected chi connectivity index (χ0v) is 21.7. The van der Waals surface area contributed by atoms with E-state index < -0.39 is 33.8 Å². The highest BCUT2D eigenvalue weighted by molar-refractivity contribution is 9.10. The maximum atomic E-state index is 13.7. The van der Waals surface area contributed by atoms with E-state index in [1.807, 2.05) is 6.07 Å². The summed E-state index contributed by atoms with van der Waals surface area (Å²) in [6.07, 6.45) is -0.305. The van der Waals surface area contributed by atoms with E-state index in [2.05, 4.69) is 15.9 Å². The van der Waals surface area contributed by atoms with Crippen molar-refractivity contribution in [1.29, 1.82) is 0 Å². The van der Waals surface area contributed by atoms with Gasteiger partial charge in [-0.3, -0.25) is 9.59 Å². The van der Waals surface area contributed by atoms with Crippen LogP contribution >= 0.6 is 15.9 Å². The van der Waals surface area contributed by atoms with Crippen LogP contribution in [0.3, 0.4) is 0 Å². The minimum Gasteiger partial charge on any atom is -0.462 e. The SMILES string of the molecule is CCOC(=O)c1ccc(N2C(=O)CC(N(Cc3ccccc3)S(=O)(=O)c3ccc(Br)cc3)C2=O)cc1. The molecular weight excluding hydrogens is 548 g/mol. The van der Waals surface area contributed by atoms with Crippen molar-refractivity contribution >= 4 is 49.4 Å². The molecule has 3 aromatic rings. The number of ether oxygens (including phenoxy) is 1. The summed E-state index contributed by atoms with van der Waals surface area (Å²) in [7, 11) is -4.13. The first kappa shape index (κ1) is 25.7. The van der Waals surface area contributed by atoms with Gasteiger partial charge in [-0.2, -0.15) is 4.31 Å². The van der Waals surface area contributed by atoms with Crippen LogP contribution in [0.5, 0.6) is 0 Å². The number of nitrogens with zero attached hydrogens (tertiary/aromatic N) is 2. The average Bonchev–Trinajstić information content (AvgIpc) is 3.16. The van der Waals surface area contributed by atoms with Gasteiger partial charge in [0.1, 0.15) is 6.04 Å². The van der Waals surface area contributed by atoms with Crippen LogP contribution in [0.15, 0.2) is 88.2 Å². The Kier molecular flexibility index (Phi) is 7.67. The number of amides is 2. The number of imide groups is 1. The van der Waals surface area contributed by atoms with E-state index in [0.29, 0.717) is 10.0 Å². The van der Waals surface area contributed by atoms with Gasteiger partial charge in [0.25, 0.3) is 5.91 Å². The standard InChI is InChI=1S/C26H23BrN2O6S/c1-2-35-26(32)19-8-12-21(13-9-19)29-24(30)16-23(25(29)31)28(17-18-6-4-3-5-7-18)36(33,34)22-14-10-20(27)11-15-22/h3-15,23H,2,16-17H2,1H3. The van der Waals surface area contributed by atoms with Gasteiger partial charge < -0.3 is 4.74 Å². The molecule has 8 nitrogen and oxygen atoms in total. The third-order valence-corrected chi connectivity index (χ3v) is 8.11. The van der Waals surface area contributed by atoms with Crippen LogP contribution < -0.4 is 4.90 Å². The van der Waals surface area contributed by atoms with Crippen molar-refractivity contribution in [2.24, 2.45) is 0 Å². The van der Waals surface area contributed by atoms with E-state index in [-0.39, 0.29) is 35.7 Å². The number of carbonyl (C=O) groups is 3. The lowest BCUT2D eigenvalue weighted by Crippen LogP contribution is -2.45. The Hall–Kier alpha value is -3.34. The first-order valence-electron chi connectivity index (χ1n) is 11.2. The van der Waals surface area contributed by atoms with E-state index in [1.54, 1.807) is 43.3 Å². The predicted molar refractivity (Wildman–Crippen MR) is 137 cm³/mol. The van der Waals surface area contributed by atoms with Crippen molar-refractivity contribution in [1.82, 2.24) is 4.31 Å². The van der Waals surface area contributed by atoms with Gasteiger partial charge in [0.2, 0.25) is 15.9 Å². The van der Waals surface area contributed by atoms with Gasteiger partial charge >= 0.3 is 5.97 Å². The summed E-state index contributed by atoms with van der Waals surface area (Å²) in [6.45, 7) is 1.82. The van der Waals surface area contributed by atoms with Crippen molar-refractivity contribution in [3.8, 4) is 0 Å². The second kappa shape index (κ2) is 10.7. The van der Waals surface area contributed by atoms with Gasteiger partial charge in [0.15, 0.2) is 0 Å². The summed E-state index contributed by atoms with van der Waals surface area (Å²) in [6, 6.07) is 19.6. The van der Waals surface area contributed by atoms with Crippen molar-refractivity contribution < 1.29 is 27.5 Å². The lowest BCUT2D eigenvalue weighted by Gasteiger charge is -2.27. The minimum atomic E-state index is -4.13. The third kappa shape index (κ3) is 5.25. The van der Waals surface area contributed by atoms with Crippen molar-refractivity contribution in [3.05, 3.63) is 94.5 Å². The van der Waals surface area contributed by atoms with E-state index in [0.717, 1.165) is 9.21 Å². The fourth-order valence-corrected chi connectivity index (χ4v) is 5.78. The zero-order chi connectivity index (χ0) is 25.9. The molecule has 0 aromatic heterocycles. The van der Waals surface area contributed by atoms with Crippen molar-refractivity contribution in [3.63, 3.8) is 0 Å². The summed E-state index contributed by atoms with van der Waals surface area (Å²) >= 11 is 3.30. The minimum absolute atomic E-state index is 0.0131. The predicted octanol–water partition coefficient (Wildman–Crippen LogP) is 4.15. The molecule has 1 heterocycles. The molecule has 0 saturated carbocycles. The molecule has 36 heavy (non-hydrogen) atoms.